The van der Waals surface area contributed by atoms with Gasteiger partial charge in [0.25, 0.3) is 12.3 Å². The summed E-state index contributed by atoms with van der Waals surface area (Å²) in [6.45, 7) is 8.37. The predicted molar refractivity (Wildman–Crippen MR) is 160 cm³/mol. The van der Waals surface area contributed by atoms with Crippen molar-refractivity contribution in [2.75, 3.05) is 44.3 Å². The van der Waals surface area contributed by atoms with Crippen LogP contribution in [0, 0.1) is 12.8 Å². The molecule has 4 aromatic rings. The van der Waals surface area contributed by atoms with Gasteiger partial charge in [-0.3, -0.25) is 9.36 Å². The standard InChI is InChI=1S/C17H17F2N5O.C14H18ClNO/c1-11-20-14(23-6-8-25-9-7-23)10-15(21-11)24-13-5-3-2-4-12(13)22-17(24)16(18)19;1-2-5-11-8-9-16(10-11)14(17)12-6-3-4-7-13(12)15/h2-5,10,16H,6-9H2,1H3;3-4,6-7,11H,2,5,8-10H2,1H3/t;11-/m.0/s1. The first-order chi connectivity index (χ1) is 20.4. The lowest BCUT2D eigenvalue weighted by Gasteiger charge is -2.28. The van der Waals surface area contributed by atoms with Crippen LogP contribution in [0.4, 0.5) is 14.6 Å². The Bertz CT molecular complexity index is 1520. The number of imidazole rings is 1. The zero-order chi connectivity index (χ0) is 29.6. The van der Waals surface area contributed by atoms with E-state index in [4.69, 9.17) is 16.3 Å². The van der Waals surface area contributed by atoms with Crippen molar-refractivity contribution in [3.63, 3.8) is 0 Å². The van der Waals surface area contributed by atoms with E-state index in [1.807, 2.05) is 17.0 Å². The Morgan fingerprint density at radius 1 is 1.02 bits per heavy atom. The number of aryl methyl sites for hydroxylation is 1. The SMILES string of the molecule is CCC[C@H]1CCN(C(=O)c2ccccc2Cl)C1.Cc1nc(N2CCOCC2)cc(-n2c(C(F)F)nc3ccccc32)n1. The van der Waals surface area contributed by atoms with Crippen LogP contribution in [0.1, 0.15) is 54.6 Å². The third kappa shape index (κ3) is 6.71. The molecule has 0 radical (unpaired) electrons. The van der Waals surface area contributed by atoms with E-state index < -0.39 is 6.43 Å². The maximum absolute atomic E-state index is 13.6. The van der Waals surface area contributed by atoms with Crippen molar-refractivity contribution < 1.29 is 18.3 Å². The number of nitrogens with zero attached hydrogens (tertiary/aromatic N) is 6. The van der Waals surface area contributed by atoms with E-state index in [0.717, 1.165) is 19.5 Å². The summed E-state index contributed by atoms with van der Waals surface area (Å²) in [5, 5.41) is 0.552. The highest BCUT2D eigenvalue weighted by atomic mass is 35.5. The fraction of sp³-hybridized carbons (Fsp3) is 0.419. The number of benzene rings is 2. The summed E-state index contributed by atoms with van der Waals surface area (Å²) in [6, 6.07) is 16.1. The van der Waals surface area contributed by atoms with E-state index in [9.17, 15) is 13.6 Å². The molecule has 1 atom stereocenters. The molecule has 2 aromatic carbocycles. The highest BCUT2D eigenvalue weighted by Gasteiger charge is 2.27. The number of hydrogen-bond donors (Lipinski definition) is 0. The van der Waals surface area contributed by atoms with Gasteiger partial charge in [0.15, 0.2) is 5.82 Å². The van der Waals surface area contributed by atoms with E-state index >= 15 is 0 Å². The number of carbonyl (C=O) groups excluding carboxylic acids is 1. The maximum atomic E-state index is 13.6. The van der Waals surface area contributed by atoms with Crippen LogP contribution in [0.5, 0.6) is 0 Å². The monoisotopic (exact) mass is 596 g/mol. The molecule has 222 valence electrons. The third-order valence-electron chi connectivity index (χ3n) is 7.53. The van der Waals surface area contributed by atoms with Crippen LogP contribution in [-0.2, 0) is 4.74 Å². The molecule has 0 saturated carbocycles. The van der Waals surface area contributed by atoms with Gasteiger partial charge in [-0.25, -0.2) is 23.7 Å². The number of hydrogen-bond acceptors (Lipinski definition) is 6. The summed E-state index contributed by atoms with van der Waals surface area (Å²) in [5.74, 6) is 2.08. The number of fused-ring (bicyclic) bond motifs is 1. The van der Waals surface area contributed by atoms with E-state index in [1.54, 1.807) is 49.4 Å². The van der Waals surface area contributed by atoms with Crippen molar-refractivity contribution in [1.29, 1.82) is 0 Å². The molecular formula is C31H35ClF2N6O2. The molecular weight excluding hydrogens is 562 g/mol. The molecule has 2 aliphatic heterocycles. The molecule has 11 heteroatoms. The molecule has 42 heavy (non-hydrogen) atoms. The number of amides is 1. The Balaban J connectivity index is 0.000000181. The molecule has 2 aliphatic rings. The smallest absolute Gasteiger partial charge is 0.296 e. The molecule has 0 aliphatic carbocycles. The van der Waals surface area contributed by atoms with Gasteiger partial charge in [0.2, 0.25) is 0 Å². The summed E-state index contributed by atoms with van der Waals surface area (Å²) < 4.78 is 33.9. The Labute approximate surface area is 249 Å². The lowest BCUT2D eigenvalue weighted by atomic mass is 10.0. The molecule has 6 rings (SSSR count). The van der Waals surface area contributed by atoms with Gasteiger partial charge in [0.05, 0.1) is 34.8 Å². The van der Waals surface area contributed by atoms with Gasteiger partial charge in [-0.05, 0) is 49.9 Å². The molecule has 0 spiro atoms. The van der Waals surface area contributed by atoms with Crippen LogP contribution in [0.25, 0.3) is 16.9 Å². The van der Waals surface area contributed by atoms with E-state index in [2.05, 4.69) is 26.8 Å². The Kier molecular flexibility index (Phi) is 9.64. The number of anilines is 1. The Morgan fingerprint density at radius 3 is 2.48 bits per heavy atom. The highest BCUT2D eigenvalue weighted by Crippen LogP contribution is 2.29. The summed E-state index contributed by atoms with van der Waals surface area (Å²) in [4.78, 5) is 29.2. The number of halogens is 3. The molecule has 0 bridgehead atoms. The molecule has 2 aromatic heterocycles. The third-order valence-corrected chi connectivity index (χ3v) is 7.86. The van der Waals surface area contributed by atoms with Crippen molar-refractivity contribution in [3.8, 4) is 5.82 Å². The second-order valence-corrected chi connectivity index (χ2v) is 10.9. The first-order valence-corrected chi connectivity index (χ1v) is 14.7. The van der Waals surface area contributed by atoms with Gasteiger partial charge in [-0.2, -0.15) is 0 Å². The van der Waals surface area contributed by atoms with Crippen LogP contribution >= 0.6 is 11.6 Å². The van der Waals surface area contributed by atoms with Crippen LogP contribution in [0.3, 0.4) is 0 Å². The van der Waals surface area contributed by atoms with Crippen LogP contribution in [-0.4, -0.2) is 69.7 Å². The summed E-state index contributed by atoms with van der Waals surface area (Å²) in [5.41, 5.74) is 1.75. The fourth-order valence-corrected chi connectivity index (χ4v) is 5.72. The number of rotatable bonds is 6. The first-order valence-electron chi connectivity index (χ1n) is 14.3. The number of alkyl halides is 2. The lowest BCUT2D eigenvalue weighted by Crippen LogP contribution is -2.37. The van der Waals surface area contributed by atoms with Gasteiger partial charge < -0.3 is 14.5 Å². The highest BCUT2D eigenvalue weighted by molar-refractivity contribution is 6.33. The van der Waals surface area contributed by atoms with Crippen molar-refractivity contribution in [3.05, 3.63) is 76.8 Å². The lowest BCUT2D eigenvalue weighted by molar-refractivity contribution is 0.0786. The number of aromatic nitrogens is 4. The second-order valence-electron chi connectivity index (χ2n) is 10.5. The molecule has 2 saturated heterocycles. The Morgan fingerprint density at radius 2 is 1.74 bits per heavy atom. The normalized spacial score (nSPS) is 17.0. The number of morpholine rings is 1. The topological polar surface area (TPSA) is 76.4 Å². The minimum absolute atomic E-state index is 0.0780. The zero-order valence-corrected chi connectivity index (χ0v) is 24.6. The molecule has 8 nitrogen and oxygen atoms in total. The summed E-state index contributed by atoms with van der Waals surface area (Å²) in [7, 11) is 0. The van der Waals surface area contributed by atoms with Crippen molar-refractivity contribution in [2.45, 2.75) is 39.5 Å². The molecule has 1 amide bonds. The number of likely N-dealkylation sites (tertiary alicyclic amines) is 1. The van der Waals surface area contributed by atoms with Crippen LogP contribution in [0.2, 0.25) is 5.02 Å². The van der Waals surface area contributed by atoms with Crippen LogP contribution < -0.4 is 4.90 Å². The Hall–Kier alpha value is -3.63. The molecule has 2 fully saturated rings. The largest absolute Gasteiger partial charge is 0.378 e. The van der Waals surface area contributed by atoms with Crippen molar-refractivity contribution in [1.82, 2.24) is 24.4 Å². The minimum Gasteiger partial charge on any atom is -0.378 e. The maximum Gasteiger partial charge on any atom is 0.296 e. The van der Waals surface area contributed by atoms with Gasteiger partial charge >= 0.3 is 0 Å². The fourth-order valence-electron chi connectivity index (χ4n) is 5.50. The minimum atomic E-state index is -2.70. The van der Waals surface area contributed by atoms with Gasteiger partial charge in [-0.1, -0.05) is 49.2 Å². The number of para-hydroxylation sites is 2. The second kappa shape index (κ2) is 13.6. The van der Waals surface area contributed by atoms with Gasteiger partial charge in [0.1, 0.15) is 17.5 Å². The molecule has 0 unspecified atom stereocenters. The number of carbonyl (C=O) groups is 1. The average Bonchev–Trinajstić information content (AvgIpc) is 3.63. The van der Waals surface area contributed by atoms with E-state index in [0.29, 0.717) is 71.3 Å². The van der Waals surface area contributed by atoms with Crippen LogP contribution in [0.15, 0.2) is 54.6 Å². The number of ether oxygens (including phenoxy) is 1. The average molecular weight is 597 g/mol. The zero-order valence-electron chi connectivity index (χ0n) is 23.8. The molecule has 0 N–H and O–H groups in total. The summed E-state index contributed by atoms with van der Waals surface area (Å²) in [6.07, 6.45) is 0.837. The van der Waals surface area contributed by atoms with E-state index in [-0.39, 0.29) is 11.7 Å². The van der Waals surface area contributed by atoms with Gasteiger partial charge in [-0.15, -0.1) is 0 Å². The quantitative estimate of drug-likeness (QED) is 0.253. The predicted octanol–water partition coefficient (Wildman–Crippen LogP) is 6.50. The van der Waals surface area contributed by atoms with E-state index in [1.165, 1.54) is 17.4 Å². The van der Waals surface area contributed by atoms with Crippen molar-refractivity contribution in [2.24, 2.45) is 5.92 Å². The molecule has 4 heterocycles. The van der Waals surface area contributed by atoms with Crippen molar-refractivity contribution >= 4 is 34.4 Å². The first kappa shape index (κ1) is 29.8. The summed E-state index contributed by atoms with van der Waals surface area (Å²) >= 11 is 6.05. The van der Waals surface area contributed by atoms with Gasteiger partial charge in [0, 0.05) is 32.2 Å².